The third-order valence-corrected chi connectivity index (χ3v) is 2.21. The van der Waals surface area contributed by atoms with Crippen molar-refractivity contribution in [2.75, 3.05) is 0 Å². The van der Waals surface area contributed by atoms with Crippen molar-refractivity contribution in [3.63, 3.8) is 0 Å². The van der Waals surface area contributed by atoms with Crippen LogP contribution in [0.3, 0.4) is 0 Å². The first kappa shape index (κ1) is 11.4. The first-order valence-electron chi connectivity index (χ1n) is 4.58. The minimum Gasteiger partial charge on any atom is -0.275 e. The Morgan fingerprint density at radius 3 is 2.57 bits per heavy atom. The molecule has 1 heterocycles. The van der Waals surface area contributed by atoms with Crippen molar-refractivity contribution in [2.24, 2.45) is 27.5 Å². The Hall–Kier alpha value is -0.650. The summed E-state index contributed by atoms with van der Waals surface area (Å²) in [6.45, 7) is 5.90. The molecule has 0 fully saturated rings. The monoisotopic (exact) mass is 217 g/mol. The van der Waals surface area contributed by atoms with Gasteiger partial charge in [-0.15, -0.1) is 0 Å². The Morgan fingerprint density at radius 2 is 2.14 bits per heavy atom. The van der Waals surface area contributed by atoms with Crippen LogP contribution in [0.4, 0.5) is 0 Å². The second-order valence-electron chi connectivity index (χ2n) is 3.51. The molecule has 0 aromatic rings. The van der Waals surface area contributed by atoms with Crippen molar-refractivity contribution in [2.45, 2.75) is 32.4 Å². The smallest absolute Gasteiger partial charge is 0.275 e. The van der Waals surface area contributed by atoms with E-state index in [9.17, 15) is 0 Å². The minimum atomic E-state index is -1.40. The molecule has 0 bridgehead atoms. The van der Waals surface area contributed by atoms with E-state index in [1.165, 1.54) is 5.01 Å². The Morgan fingerprint density at radius 1 is 1.57 bits per heavy atom. The van der Waals surface area contributed by atoms with Crippen LogP contribution >= 0.6 is 11.6 Å². The molecule has 1 aliphatic heterocycles. The number of amidine groups is 2. The predicted octanol–water partition coefficient (Wildman–Crippen LogP) is 0.848. The van der Waals surface area contributed by atoms with Crippen molar-refractivity contribution in [1.29, 1.82) is 0 Å². The summed E-state index contributed by atoms with van der Waals surface area (Å²) in [5.74, 6) is 7.17. The van der Waals surface area contributed by atoms with Gasteiger partial charge in [-0.05, 0) is 0 Å². The number of hydrogen-bond acceptors (Lipinski definition) is 5. The summed E-state index contributed by atoms with van der Waals surface area (Å²) in [5.41, 5.74) is 5.71. The highest BCUT2D eigenvalue weighted by molar-refractivity contribution is 6.25. The number of halogens is 1. The first-order chi connectivity index (χ1) is 6.38. The van der Waals surface area contributed by atoms with E-state index in [1.54, 1.807) is 0 Å². The zero-order valence-electron chi connectivity index (χ0n) is 8.66. The van der Waals surface area contributed by atoms with E-state index in [4.69, 9.17) is 23.2 Å². The molecule has 0 aromatic carbocycles. The highest BCUT2D eigenvalue weighted by Gasteiger charge is 2.35. The molecule has 0 radical (unpaired) electrons. The number of aliphatic imine (C=N–C) groups is 2. The molecular weight excluding hydrogens is 202 g/mol. The summed E-state index contributed by atoms with van der Waals surface area (Å²) in [4.78, 5) is 8.30. The van der Waals surface area contributed by atoms with Crippen LogP contribution in [-0.4, -0.2) is 21.9 Å². The molecule has 0 saturated carbocycles. The van der Waals surface area contributed by atoms with Crippen LogP contribution in [0.1, 0.15) is 27.2 Å². The van der Waals surface area contributed by atoms with E-state index < -0.39 is 5.25 Å². The van der Waals surface area contributed by atoms with Crippen molar-refractivity contribution in [3.8, 4) is 0 Å². The quantitative estimate of drug-likeness (QED) is 0.409. The molecule has 0 aliphatic carbocycles. The standard InChI is InChI=1S/C8H16ClN5/c1-4-6-12-7(5(2)3)14(11)8(9,10)13-6/h5H,4,10-11H2,1-3H3. The number of rotatable bonds is 2. The number of alkyl halides is 1. The second kappa shape index (κ2) is 3.84. The summed E-state index contributed by atoms with van der Waals surface area (Å²) in [7, 11) is 0. The Kier molecular flexibility index (Phi) is 3.14. The SMILES string of the molecule is CCC1=NC(N)(Cl)N(N)C(C(C)C)=N1. The molecule has 0 amide bonds. The van der Waals surface area contributed by atoms with Crippen molar-refractivity contribution < 1.29 is 0 Å². The molecule has 0 spiro atoms. The van der Waals surface area contributed by atoms with Gasteiger partial charge in [0.15, 0.2) is 0 Å². The van der Waals surface area contributed by atoms with E-state index in [-0.39, 0.29) is 5.92 Å². The Bertz CT molecular complexity index is 281. The largest absolute Gasteiger partial charge is 0.281 e. The van der Waals surface area contributed by atoms with Crippen LogP contribution in [0.2, 0.25) is 0 Å². The lowest BCUT2D eigenvalue weighted by Crippen LogP contribution is -2.60. The van der Waals surface area contributed by atoms with Gasteiger partial charge in [0.1, 0.15) is 11.7 Å². The fourth-order valence-corrected chi connectivity index (χ4v) is 1.36. The second-order valence-corrected chi connectivity index (χ2v) is 4.07. The molecule has 80 valence electrons. The van der Waals surface area contributed by atoms with Gasteiger partial charge in [-0.1, -0.05) is 32.4 Å². The number of hydrogen-bond donors (Lipinski definition) is 2. The van der Waals surface area contributed by atoms with Gasteiger partial charge >= 0.3 is 0 Å². The topological polar surface area (TPSA) is 80.0 Å². The van der Waals surface area contributed by atoms with Crippen LogP contribution < -0.4 is 11.6 Å². The van der Waals surface area contributed by atoms with Gasteiger partial charge in [-0.25, -0.2) is 20.8 Å². The molecule has 1 unspecified atom stereocenters. The number of nitrogens with two attached hydrogens (primary N) is 2. The van der Waals surface area contributed by atoms with E-state index in [0.29, 0.717) is 18.1 Å². The van der Waals surface area contributed by atoms with Crippen LogP contribution in [0.25, 0.3) is 0 Å². The van der Waals surface area contributed by atoms with E-state index in [0.717, 1.165) is 0 Å². The van der Waals surface area contributed by atoms with Gasteiger partial charge in [0, 0.05) is 12.3 Å². The summed E-state index contributed by atoms with van der Waals surface area (Å²) in [5, 5.41) is -0.189. The summed E-state index contributed by atoms with van der Waals surface area (Å²) in [6, 6.07) is 0. The van der Waals surface area contributed by atoms with Crippen LogP contribution in [-0.2, 0) is 0 Å². The van der Waals surface area contributed by atoms with Gasteiger partial charge in [0.25, 0.3) is 5.25 Å². The molecule has 1 rings (SSSR count). The normalized spacial score (nSPS) is 27.8. The summed E-state index contributed by atoms with van der Waals surface area (Å²) >= 11 is 5.95. The van der Waals surface area contributed by atoms with Gasteiger partial charge in [-0.2, -0.15) is 0 Å². The minimum absolute atomic E-state index is 0.165. The average molecular weight is 218 g/mol. The molecule has 6 heteroatoms. The predicted molar refractivity (Wildman–Crippen MR) is 58.8 cm³/mol. The number of nitrogens with zero attached hydrogens (tertiary/aromatic N) is 3. The highest BCUT2D eigenvalue weighted by atomic mass is 35.5. The first-order valence-corrected chi connectivity index (χ1v) is 4.96. The third-order valence-electron chi connectivity index (χ3n) is 1.95. The molecule has 1 aliphatic rings. The summed E-state index contributed by atoms with van der Waals surface area (Å²) in [6.07, 6.45) is 0.690. The molecule has 4 N–H and O–H groups in total. The maximum absolute atomic E-state index is 5.95. The maximum atomic E-state index is 5.95. The maximum Gasteiger partial charge on any atom is 0.281 e. The van der Waals surface area contributed by atoms with Crippen molar-refractivity contribution in [1.82, 2.24) is 5.01 Å². The van der Waals surface area contributed by atoms with E-state index in [1.807, 2.05) is 20.8 Å². The van der Waals surface area contributed by atoms with Gasteiger partial charge in [0.2, 0.25) is 0 Å². The summed E-state index contributed by atoms with van der Waals surface area (Å²) < 4.78 is 0. The molecule has 0 saturated heterocycles. The fourth-order valence-electron chi connectivity index (χ4n) is 1.17. The van der Waals surface area contributed by atoms with E-state index >= 15 is 0 Å². The highest BCUT2D eigenvalue weighted by Crippen LogP contribution is 2.21. The van der Waals surface area contributed by atoms with Crippen LogP contribution in [0, 0.1) is 5.92 Å². The lowest BCUT2D eigenvalue weighted by atomic mass is 10.2. The fraction of sp³-hybridized carbons (Fsp3) is 0.750. The zero-order chi connectivity index (χ0) is 10.9. The number of hydrazine groups is 1. The molecule has 0 aromatic heterocycles. The Balaban J connectivity index is 3.07. The van der Waals surface area contributed by atoms with Crippen molar-refractivity contribution >= 4 is 23.3 Å². The molecule has 1 atom stereocenters. The lowest BCUT2D eigenvalue weighted by Gasteiger charge is -2.35. The van der Waals surface area contributed by atoms with Crippen LogP contribution in [0.15, 0.2) is 9.98 Å². The average Bonchev–Trinajstić information content (AvgIpc) is 2.08. The van der Waals surface area contributed by atoms with Crippen LogP contribution in [0.5, 0.6) is 0 Å². The lowest BCUT2D eigenvalue weighted by molar-refractivity contribution is 0.273. The van der Waals surface area contributed by atoms with E-state index in [2.05, 4.69) is 9.98 Å². The molecule has 14 heavy (non-hydrogen) atoms. The molecule has 5 nitrogen and oxygen atoms in total. The van der Waals surface area contributed by atoms with Gasteiger partial charge in [0.05, 0.1) is 0 Å². The third kappa shape index (κ3) is 2.05. The van der Waals surface area contributed by atoms with Gasteiger partial charge in [-0.3, -0.25) is 5.73 Å². The van der Waals surface area contributed by atoms with Crippen molar-refractivity contribution in [3.05, 3.63) is 0 Å². The van der Waals surface area contributed by atoms with Gasteiger partial charge < -0.3 is 0 Å². The zero-order valence-corrected chi connectivity index (χ0v) is 9.41. The molecular formula is C8H16ClN5. The Labute approximate surface area is 88.8 Å².